The molecule has 0 aromatic carbocycles. The smallest absolute Gasteiger partial charge is 0.0939 e. The number of hydrogen-bond donors (Lipinski definition) is 0. The van der Waals surface area contributed by atoms with Gasteiger partial charge in [-0.3, -0.25) is 0 Å². The van der Waals surface area contributed by atoms with Crippen molar-refractivity contribution in [1.29, 1.82) is 0 Å². The van der Waals surface area contributed by atoms with Crippen LogP contribution in [0.5, 0.6) is 0 Å². The van der Waals surface area contributed by atoms with Crippen LogP contribution in [0.25, 0.3) is 0 Å². The molecule has 1 heteroatoms. The van der Waals surface area contributed by atoms with Crippen LogP contribution in [0.3, 0.4) is 0 Å². The van der Waals surface area contributed by atoms with Crippen molar-refractivity contribution in [3.8, 4) is 0 Å². The summed E-state index contributed by atoms with van der Waals surface area (Å²) >= 11 is 0. The largest absolute Gasteiger partial charge is 0.498 e. The van der Waals surface area contributed by atoms with Crippen LogP contribution in [0.4, 0.5) is 0 Å². The van der Waals surface area contributed by atoms with Gasteiger partial charge in [0.15, 0.2) is 0 Å². The van der Waals surface area contributed by atoms with Crippen molar-refractivity contribution in [2.24, 2.45) is 11.3 Å². The second kappa shape index (κ2) is 3.45. The van der Waals surface area contributed by atoms with Crippen molar-refractivity contribution in [2.45, 2.75) is 39.5 Å². The summed E-state index contributed by atoms with van der Waals surface area (Å²) in [5.41, 5.74) is 1.97. The fourth-order valence-electron chi connectivity index (χ4n) is 2.69. The van der Waals surface area contributed by atoms with Gasteiger partial charge in [-0.15, -0.1) is 0 Å². The number of allylic oxidation sites excluding steroid dienone is 3. The average Bonchev–Trinajstić information content (AvgIpc) is 2.16. The lowest BCUT2D eigenvalue weighted by Crippen LogP contribution is -2.38. The Bertz CT molecular complexity index is 265. The second-order valence-corrected chi connectivity index (χ2v) is 5.05. The second-order valence-electron chi connectivity index (χ2n) is 5.05. The van der Waals surface area contributed by atoms with Crippen LogP contribution < -0.4 is 0 Å². The number of rotatable bonds is 0. The van der Waals surface area contributed by atoms with Gasteiger partial charge in [0.05, 0.1) is 12.4 Å². The van der Waals surface area contributed by atoms with E-state index in [4.69, 9.17) is 4.74 Å². The molecule has 14 heavy (non-hydrogen) atoms. The van der Waals surface area contributed by atoms with Gasteiger partial charge in [0, 0.05) is 11.8 Å². The maximum absolute atomic E-state index is 5.65. The van der Waals surface area contributed by atoms with Crippen LogP contribution in [-0.4, -0.2) is 6.61 Å². The predicted octanol–water partition coefficient (Wildman–Crippen LogP) is 3.67. The lowest BCUT2D eigenvalue weighted by Gasteiger charge is -2.44. The summed E-state index contributed by atoms with van der Waals surface area (Å²) in [5.74, 6) is 1.75. The van der Waals surface area contributed by atoms with E-state index < -0.39 is 0 Å². The Labute approximate surface area is 86.8 Å². The van der Waals surface area contributed by atoms with E-state index in [0.717, 1.165) is 24.7 Å². The molecule has 2 aliphatic rings. The van der Waals surface area contributed by atoms with Gasteiger partial charge < -0.3 is 4.74 Å². The van der Waals surface area contributed by atoms with Crippen LogP contribution >= 0.6 is 0 Å². The van der Waals surface area contributed by atoms with Crippen LogP contribution in [0.1, 0.15) is 39.5 Å². The first kappa shape index (κ1) is 9.82. The van der Waals surface area contributed by atoms with Gasteiger partial charge in [-0.05, 0) is 32.1 Å². The van der Waals surface area contributed by atoms with Crippen molar-refractivity contribution in [3.05, 3.63) is 24.0 Å². The van der Waals surface area contributed by atoms with Gasteiger partial charge in [0.25, 0.3) is 0 Å². The van der Waals surface area contributed by atoms with E-state index in [-0.39, 0.29) is 0 Å². The highest BCUT2D eigenvalue weighted by molar-refractivity contribution is 5.11. The molecule has 1 fully saturated rings. The molecule has 0 bridgehead atoms. The molecule has 1 heterocycles. The van der Waals surface area contributed by atoms with E-state index in [1.165, 1.54) is 19.3 Å². The van der Waals surface area contributed by atoms with Gasteiger partial charge in [-0.25, -0.2) is 0 Å². The fourth-order valence-corrected chi connectivity index (χ4v) is 2.69. The Morgan fingerprint density at radius 2 is 2.36 bits per heavy atom. The predicted molar refractivity (Wildman–Crippen MR) is 58.9 cm³/mol. The summed E-state index contributed by atoms with van der Waals surface area (Å²) < 4.78 is 5.65. The van der Waals surface area contributed by atoms with Gasteiger partial charge in [0.1, 0.15) is 0 Å². The van der Waals surface area contributed by atoms with Crippen molar-refractivity contribution in [2.75, 3.05) is 6.61 Å². The number of ether oxygens (including phenoxy) is 1. The Kier molecular flexibility index (Phi) is 2.42. The minimum atomic E-state index is 0.417. The summed E-state index contributed by atoms with van der Waals surface area (Å²) in [7, 11) is 0. The first-order valence-corrected chi connectivity index (χ1v) is 5.59. The van der Waals surface area contributed by atoms with E-state index in [0.29, 0.717) is 5.41 Å². The van der Waals surface area contributed by atoms with Crippen LogP contribution in [0, 0.1) is 11.3 Å². The fraction of sp³-hybridized carbons (Fsp3) is 0.692. The van der Waals surface area contributed by atoms with E-state index >= 15 is 0 Å². The SMILES string of the molecule is C=C1CCC2(CC=C(C)CC2C)CO1. The zero-order chi connectivity index (χ0) is 10.2. The van der Waals surface area contributed by atoms with Crippen molar-refractivity contribution < 1.29 is 4.74 Å². The summed E-state index contributed by atoms with van der Waals surface area (Å²) in [6.45, 7) is 9.39. The van der Waals surface area contributed by atoms with Gasteiger partial charge in [0.2, 0.25) is 0 Å². The highest BCUT2D eigenvalue weighted by Crippen LogP contribution is 2.47. The third-order valence-corrected chi connectivity index (χ3v) is 4.00. The highest BCUT2D eigenvalue weighted by Gasteiger charge is 2.40. The van der Waals surface area contributed by atoms with E-state index in [2.05, 4.69) is 26.5 Å². The van der Waals surface area contributed by atoms with Crippen molar-refractivity contribution in [3.63, 3.8) is 0 Å². The molecule has 1 saturated heterocycles. The van der Waals surface area contributed by atoms with E-state index in [1.807, 2.05) is 0 Å². The molecule has 0 N–H and O–H groups in total. The molecule has 2 unspecified atom stereocenters. The molecular weight excluding hydrogens is 172 g/mol. The molecule has 0 aromatic heterocycles. The summed E-state index contributed by atoms with van der Waals surface area (Å²) in [4.78, 5) is 0. The first-order valence-electron chi connectivity index (χ1n) is 5.59. The van der Waals surface area contributed by atoms with Gasteiger partial charge >= 0.3 is 0 Å². The van der Waals surface area contributed by atoms with Gasteiger partial charge in [-0.2, -0.15) is 0 Å². The molecule has 0 radical (unpaired) electrons. The molecule has 2 atom stereocenters. The Balaban J connectivity index is 2.12. The molecule has 1 aliphatic carbocycles. The van der Waals surface area contributed by atoms with Crippen molar-refractivity contribution >= 4 is 0 Å². The average molecular weight is 192 g/mol. The monoisotopic (exact) mass is 192 g/mol. The molecule has 0 aromatic rings. The minimum absolute atomic E-state index is 0.417. The number of hydrogen-bond acceptors (Lipinski definition) is 1. The molecule has 78 valence electrons. The molecule has 1 spiro atoms. The third-order valence-electron chi connectivity index (χ3n) is 4.00. The summed E-state index contributed by atoms with van der Waals surface area (Å²) in [6.07, 6.45) is 7.16. The van der Waals surface area contributed by atoms with Crippen molar-refractivity contribution in [1.82, 2.24) is 0 Å². The minimum Gasteiger partial charge on any atom is -0.498 e. The maximum Gasteiger partial charge on any atom is 0.0939 e. The Morgan fingerprint density at radius 3 is 2.93 bits per heavy atom. The molecule has 1 nitrogen and oxygen atoms in total. The normalized spacial score (nSPS) is 38.0. The molecule has 2 rings (SSSR count). The highest BCUT2D eigenvalue weighted by atomic mass is 16.5. The third kappa shape index (κ3) is 1.60. The summed E-state index contributed by atoms with van der Waals surface area (Å²) in [6, 6.07) is 0. The Hall–Kier alpha value is -0.720. The zero-order valence-electron chi connectivity index (χ0n) is 9.31. The lowest BCUT2D eigenvalue weighted by molar-refractivity contribution is -0.00226. The van der Waals surface area contributed by atoms with Gasteiger partial charge in [-0.1, -0.05) is 25.2 Å². The molecule has 1 aliphatic heterocycles. The quantitative estimate of drug-likeness (QED) is 0.532. The van der Waals surface area contributed by atoms with Crippen LogP contribution in [0.2, 0.25) is 0 Å². The molecule has 0 amide bonds. The molecule has 0 saturated carbocycles. The standard InChI is InChI=1S/C13H20O/c1-10-4-6-13(11(2)8-10)7-5-12(3)14-9-13/h4,11H,3,5-9H2,1-2H3. The lowest BCUT2D eigenvalue weighted by atomic mass is 9.65. The zero-order valence-corrected chi connectivity index (χ0v) is 9.31. The van der Waals surface area contributed by atoms with E-state index in [1.54, 1.807) is 5.57 Å². The van der Waals surface area contributed by atoms with Crippen LogP contribution in [0.15, 0.2) is 24.0 Å². The topological polar surface area (TPSA) is 9.23 Å². The maximum atomic E-state index is 5.65. The first-order chi connectivity index (χ1) is 6.62. The Morgan fingerprint density at radius 1 is 1.57 bits per heavy atom. The summed E-state index contributed by atoms with van der Waals surface area (Å²) in [5, 5.41) is 0. The van der Waals surface area contributed by atoms with Crippen LogP contribution in [-0.2, 0) is 4.74 Å². The molecular formula is C13H20O. The van der Waals surface area contributed by atoms with E-state index in [9.17, 15) is 0 Å².